The van der Waals surface area contributed by atoms with Crippen LogP contribution >= 0.6 is 0 Å². The SMILES string of the molecule is CCCCNC(=O)Nc1ccc(OC[C@H]2O[C@H](O[C@H]3O[C@H](COc4ccc(NC(=O)NCCCC)cc4)[C@@H](O)[C@H](O)[C@H]3O)[C@H](O)[C@@H](O)[C@@H]2O)cc1. The van der Waals surface area contributed by atoms with Crippen molar-refractivity contribution in [3.63, 3.8) is 0 Å². The Kier molecular flexibility index (Phi) is 15.5. The lowest BCUT2D eigenvalue weighted by Gasteiger charge is -2.44. The Bertz CT molecular complexity index is 1250. The van der Waals surface area contributed by atoms with Crippen molar-refractivity contribution in [2.75, 3.05) is 36.9 Å². The number of aliphatic hydroxyl groups is 6. The lowest BCUT2D eigenvalue weighted by molar-refractivity contribution is -0.375. The van der Waals surface area contributed by atoms with E-state index in [1.807, 2.05) is 13.8 Å². The number of anilines is 2. The van der Waals surface area contributed by atoms with Gasteiger partial charge in [0.2, 0.25) is 0 Å². The summed E-state index contributed by atoms with van der Waals surface area (Å²) < 4.78 is 28.5. The Morgan fingerprint density at radius 1 is 0.588 bits per heavy atom. The number of urea groups is 2. The van der Waals surface area contributed by atoms with Crippen LogP contribution in [0, 0.1) is 0 Å². The van der Waals surface area contributed by atoms with Crippen molar-refractivity contribution in [1.29, 1.82) is 0 Å². The minimum Gasteiger partial charge on any atom is -0.491 e. The van der Waals surface area contributed by atoms with Crippen molar-refractivity contribution >= 4 is 23.4 Å². The molecule has 2 aliphatic heterocycles. The summed E-state index contributed by atoms with van der Waals surface area (Å²) in [5, 5.41) is 74.4. The van der Waals surface area contributed by atoms with Crippen LogP contribution in [0.5, 0.6) is 11.5 Å². The molecule has 4 rings (SSSR count). The van der Waals surface area contributed by atoms with Gasteiger partial charge in [-0.25, -0.2) is 9.59 Å². The largest absolute Gasteiger partial charge is 0.491 e. The summed E-state index contributed by atoms with van der Waals surface area (Å²) in [5.74, 6) is 0.705. The smallest absolute Gasteiger partial charge is 0.319 e. The van der Waals surface area contributed by atoms with Gasteiger partial charge in [-0.05, 0) is 61.4 Å². The van der Waals surface area contributed by atoms with Crippen molar-refractivity contribution in [2.24, 2.45) is 0 Å². The molecule has 0 unspecified atom stereocenters. The Balaban J connectivity index is 1.29. The van der Waals surface area contributed by atoms with E-state index in [4.69, 9.17) is 23.7 Å². The molecule has 0 bridgehead atoms. The first kappa shape index (κ1) is 40.0. The van der Waals surface area contributed by atoms with Crippen LogP contribution in [-0.2, 0) is 14.2 Å². The van der Waals surface area contributed by atoms with Gasteiger partial charge in [0.05, 0.1) is 0 Å². The molecule has 4 amide bonds. The van der Waals surface area contributed by atoms with Gasteiger partial charge in [0, 0.05) is 24.5 Å². The number of carbonyl (C=O) groups excluding carboxylic acids is 2. The lowest BCUT2D eigenvalue weighted by atomic mass is 9.98. The first-order valence-electron chi connectivity index (χ1n) is 17.1. The molecule has 0 radical (unpaired) electrons. The predicted octanol–water partition coefficient (Wildman–Crippen LogP) is 0.619. The third-order valence-electron chi connectivity index (χ3n) is 8.29. The van der Waals surface area contributed by atoms with Crippen molar-refractivity contribution < 1.29 is 63.9 Å². The Labute approximate surface area is 295 Å². The number of rotatable bonds is 16. The van der Waals surface area contributed by atoms with Gasteiger partial charge >= 0.3 is 12.1 Å². The van der Waals surface area contributed by atoms with E-state index >= 15 is 0 Å². The Hall–Kier alpha value is -3.78. The molecule has 0 aliphatic carbocycles. The van der Waals surface area contributed by atoms with Crippen molar-refractivity contribution in [3.05, 3.63) is 48.5 Å². The van der Waals surface area contributed by atoms with Gasteiger partial charge in [0.25, 0.3) is 0 Å². The molecule has 284 valence electrons. The average molecular weight is 723 g/mol. The molecule has 0 spiro atoms. The number of amides is 4. The maximum absolute atomic E-state index is 12.0. The molecule has 2 saturated heterocycles. The topological polar surface area (TPSA) is 250 Å². The molecular formula is C34H50N4O13. The summed E-state index contributed by atoms with van der Waals surface area (Å²) in [6.07, 6.45) is -12.4. The summed E-state index contributed by atoms with van der Waals surface area (Å²) in [6.45, 7) is 4.56. The second kappa shape index (κ2) is 19.7. The van der Waals surface area contributed by atoms with Gasteiger partial charge in [0.1, 0.15) is 73.5 Å². The second-order valence-corrected chi connectivity index (χ2v) is 12.3. The third-order valence-corrected chi connectivity index (χ3v) is 8.29. The lowest BCUT2D eigenvalue weighted by Crippen LogP contribution is -2.64. The molecule has 2 heterocycles. The monoisotopic (exact) mass is 722 g/mol. The number of hydrogen-bond donors (Lipinski definition) is 10. The van der Waals surface area contributed by atoms with Gasteiger partial charge < -0.3 is 75.6 Å². The number of benzene rings is 2. The van der Waals surface area contributed by atoms with Gasteiger partial charge in [-0.15, -0.1) is 0 Å². The van der Waals surface area contributed by atoms with Crippen molar-refractivity contribution in [2.45, 2.75) is 101 Å². The molecular weight excluding hydrogens is 672 g/mol. The van der Waals surface area contributed by atoms with E-state index < -0.39 is 61.4 Å². The second-order valence-electron chi connectivity index (χ2n) is 12.3. The number of aliphatic hydroxyl groups excluding tert-OH is 6. The molecule has 10 atom stereocenters. The standard InChI is InChI=1S/C34H50N4O13/c1-3-5-15-35-33(45)37-19-7-11-21(12-8-19)47-17-23-25(39)27(41)29(43)31(49-23)51-32-30(44)28(42)26(40)24(50-32)18-48-22-13-9-20(10-14-22)38-34(46)36-16-6-4-2/h7-14,23-32,39-44H,3-6,15-18H2,1-2H3,(H2,35,37,45)(H2,36,38,46)/t23-,24-,25-,26-,27+,28+,29-,30-,31-,32-/m1/s1. The van der Waals surface area contributed by atoms with Gasteiger partial charge in [-0.1, -0.05) is 26.7 Å². The van der Waals surface area contributed by atoms with E-state index in [0.717, 1.165) is 25.7 Å². The highest BCUT2D eigenvalue weighted by Crippen LogP contribution is 2.29. The first-order valence-corrected chi connectivity index (χ1v) is 17.1. The molecule has 2 aromatic rings. The molecule has 2 aliphatic rings. The van der Waals surface area contributed by atoms with Crippen LogP contribution in [-0.4, -0.2) is 130 Å². The molecule has 0 saturated carbocycles. The van der Waals surface area contributed by atoms with Crippen molar-refractivity contribution in [3.8, 4) is 11.5 Å². The summed E-state index contributed by atoms with van der Waals surface area (Å²) in [6, 6.07) is 12.1. The Morgan fingerprint density at radius 3 is 1.31 bits per heavy atom. The van der Waals surface area contributed by atoms with Crippen LogP contribution < -0.4 is 30.7 Å². The van der Waals surface area contributed by atoms with Crippen LogP contribution in [0.3, 0.4) is 0 Å². The first-order chi connectivity index (χ1) is 24.5. The summed E-state index contributed by atoms with van der Waals surface area (Å²) >= 11 is 0. The van der Waals surface area contributed by atoms with Crippen LogP contribution in [0.4, 0.5) is 21.0 Å². The van der Waals surface area contributed by atoms with E-state index in [1.54, 1.807) is 48.5 Å². The normalized spacial score (nSPS) is 29.1. The summed E-state index contributed by atoms with van der Waals surface area (Å²) in [5.41, 5.74) is 1.04. The maximum atomic E-state index is 12.0. The van der Waals surface area contributed by atoms with Gasteiger partial charge in [0.15, 0.2) is 12.6 Å². The fourth-order valence-electron chi connectivity index (χ4n) is 5.20. The zero-order valence-corrected chi connectivity index (χ0v) is 28.6. The van der Waals surface area contributed by atoms with Gasteiger partial charge in [-0.2, -0.15) is 0 Å². The van der Waals surface area contributed by atoms with Gasteiger partial charge in [-0.3, -0.25) is 0 Å². The van der Waals surface area contributed by atoms with E-state index in [1.165, 1.54) is 0 Å². The highest BCUT2D eigenvalue weighted by atomic mass is 16.8. The zero-order chi connectivity index (χ0) is 36.9. The summed E-state index contributed by atoms with van der Waals surface area (Å²) in [4.78, 5) is 24.0. The van der Waals surface area contributed by atoms with Crippen LogP contribution in [0.2, 0.25) is 0 Å². The van der Waals surface area contributed by atoms with E-state index in [9.17, 15) is 40.2 Å². The molecule has 2 fully saturated rings. The molecule has 2 aromatic carbocycles. The highest BCUT2D eigenvalue weighted by Gasteiger charge is 2.50. The fraction of sp³-hybridized carbons (Fsp3) is 0.588. The number of hydrogen-bond acceptors (Lipinski definition) is 13. The average Bonchev–Trinajstić information content (AvgIpc) is 3.12. The number of carbonyl (C=O) groups is 2. The maximum Gasteiger partial charge on any atom is 0.319 e. The predicted molar refractivity (Wildman–Crippen MR) is 182 cm³/mol. The number of unbranched alkanes of at least 4 members (excludes halogenated alkanes) is 2. The van der Waals surface area contributed by atoms with Crippen LogP contribution in [0.1, 0.15) is 39.5 Å². The molecule has 10 N–H and O–H groups in total. The zero-order valence-electron chi connectivity index (χ0n) is 28.6. The van der Waals surface area contributed by atoms with E-state index in [0.29, 0.717) is 36.0 Å². The van der Waals surface area contributed by atoms with E-state index in [2.05, 4.69) is 21.3 Å². The number of nitrogens with one attached hydrogen (secondary N) is 4. The fourth-order valence-corrected chi connectivity index (χ4v) is 5.20. The molecule has 0 aromatic heterocycles. The molecule has 51 heavy (non-hydrogen) atoms. The van der Waals surface area contributed by atoms with Crippen molar-refractivity contribution in [1.82, 2.24) is 10.6 Å². The van der Waals surface area contributed by atoms with Crippen LogP contribution in [0.25, 0.3) is 0 Å². The summed E-state index contributed by atoms with van der Waals surface area (Å²) in [7, 11) is 0. The van der Waals surface area contributed by atoms with E-state index in [-0.39, 0.29) is 25.3 Å². The number of ether oxygens (including phenoxy) is 5. The molecule has 17 nitrogen and oxygen atoms in total. The quantitative estimate of drug-likeness (QED) is 0.107. The minimum atomic E-state index is -1.79. The third kappa shape index (κ3) is 11.6. The van der Waals surface area contributed by atoms with Crippen LogP contribution in [0.15, 0.2) is 48.5 Å². The molecule has 17 heteroatoms. The highest BCUT2D eigenvalue weighted by molar-refractivity contribution is 5.89. The minimum absolute atomic E-state index is 0.293. The Morgan fingerprint density at radius 2 is 0.961 bits per heavy atom.